The van der Waals surface area contributed by atoms with Crippen LogP contribution in [0.15, 0.2) is 36.4 Å². The monoisotopic (exact) mass is 544 g/mol. The molecule has 210 valence electrons. The third-order valence-electron chi connectivity index (χ3n) is 8.56. The molecule has 2 aromatic carbocycles. The van der Waals surface area contributed by atoms with E-state index >= 15 is 0 Å². The molecule has 2 aliphatic carbocycles. The summed E-state index contributed by atoms with van der Waals surface area (Å²) in [4.78, 5) is 0. The number of benzene rings is 2. The summed E-state index contributed by atoms with van der Waals surface area (Å²) < 4.78 is 99.5. The van der Waals surface area contributed by atoms with Gasteiger partial charge in [0.2, 0.25) is 0 Å². The van der Waals surface area contributed by atoms with Crippen LogP contribution < -0.4 is 4.74 Å². The molecule has 2 aromatic rings. The molecular formula is C30H35F7O. The Bertz CT molecular complexity index is 1020. The fourth-order valence-electron chi connectivity index (χ4n) is 6.40. The Morgan fingerprint density at radius 3 is 1.79 bits per heavy atom. The van der Waals surface area contributed by atoms with Crippen LogP contribution in [0.4, 0.5) is 30.7 Å². The molecule has 0 heterocycles. The van der Waals surface area contributed by atoms with Crippen molar-refractivity contribution in [2.75, 3.05) is 0 Å². The van der Waals surface area contributed by atoms with E-state index in [0.717, 1.165) is 49.0 Å². The predicted molar refractivity (Wildman–Crippen MR) is 132 cm³/mol. The molecule has 0 atom stereocenters. The molecule has 0 amide bonds. The van der Waals surface area contributed by atoms with Crippen molar-refractivity contribution in [3.63, 3.8) is 0 Å². The van der Waals surface area contributed by atoms with Gasteiger partial charge < -0.3 is 4.74 Å². The Labute approximate surface area is 219 Å². The van der Waals surface area contributed by atoms with Gasteiger partial charge in [0.1, 0.15) is 22.9 Å². The van der Waals surface area contributed by atoms with Crippen LogP contribution in [0.1, 0.15) is 100 Å². The number of ether oxygens (including phenoxy) is 1. The van der Waals surface area contributed by atoms with E-state index in [9.17, 15) is 30.7 Å². The number of alkyl halides is 5. The van der Waals surface area contributed by atoms with Crippen LogP contribution in [-0.4, -0.2) is 0 Å². The Morgan fingerprint density at radius 2 is 1.29 bits per heavy atom. The van der Waals surface area contributed by atoms with E-state index in [1.807, 2.05) is 0 Å². The molecule has 0 N–H and O–H groups in total. The maximum absolute atomic E-state index is 14.7. The molecule has 0 bridgehead atoms. The third kappa shape index (κ3) is 6.84. The van der Waals surface area contributed by atoms with Gasteiger partial charge in [-0.15, -0.1) is 0 Å². The van der Waals surface area contributed by atoms with Gasteiger partial charge in [-0.05, 0) is 79.9 Å². The van der Waals surface area contributed by atoms with Crippen LogP contribution in [0.25, 0.3) is 0 Å². The number of hydrogen-bond donors (Lipinski definition) is 0. The zero-order valence-electron chi connectivity index (χ0n) is 21.6. The molecule has 2 saturated carbocycles. The number of halogens is 7. The second kappa shape index (κ2) is 11.9. The van der Waals surface area contributed by atoms with Crippen LogP contribution in [0, 0.1) is 29.4 Å². The molecule has 0 saturated heterocycles. The van der Waals surface area contributed by atoms with Gasteiger partial charge in [-0.25, -0.2) is 8.78 Å². The second-order valence-electron chi connectivity index (χ2n) is 11.0. The van der Waals surface area contributed by atoms with Crippen molar-refractivity contribution in [3.8, 4) is 5.75 Å². The highest BCUT2D eigenvalue weighted by Crippen LogP contribution is 2.45. The van der Waals surface area contributed by atoms with E-state index in [2.05, 4.69) is 11.7 Å². The van der Waals surface area contributed by atoms with Crippen molar-refractivity contribution < 1.29 is 35.5 Å². The van der Waals surface area contributed by atoms with Crippen LogP contribution in [0.3, 0.4) is 0 Å². The van der Waals surface area contributed by atoms with E-state index in [-0.39, 0.29) is 18.1 Å². The molecule has 2 fully saturated rings. The first-order valence-corrected chi connectivity index (χ1v) is 13.7. The first kappa shape index (κ1) is 28.8. The average Bonchev–Trinajstić information content (AvgIpc) is 2.86. The quantitative estimate of drug-likeness (QED) is 0.301. The first-order chi connectivity index (χ1) is 18.0. The number of unbranched alkanes of at least 4 members (excludes halogenated alkanes) is 1. The number of rotatable bonds is 8. The highest BCUT2D eigenvalue weighted by Gasteiger charge is 2.40. The van der Waals surface area contributed by atoms with Gasteiger partial charge in [-0.3, -0.25) is 0 Å². The summed E-state index contributed by atoms with van der Waals surface area (Å²) in [6.07, 6.45) is 4.28. The lowest BCUT2D eigenvalue weighted by Crippen LogP contribution is -2.25. The summed E-state index contributed by atoms with van der Waals surface area (Å²) in [7, 11) is 0. The van der Waals surface area contributed by atoms with Crippen molar-refractivity contribution in [2.45, 2.75) is 95.8 Å². The highest BCUT2D eigenvalue weighted by atomic mass is 19.4. The van der Waals surface area contributed by atoms with Gasteiger partial charge in [0.25, 0.3) is 0 Å². The molecule has 0 aliphatic heterocycles. The normalized spacial score (nSPS) is 24.8. The lowest BCUT2D eigenvalue weighted by atomic mass is 9.68. The Balaban J connectivity index is 1.32. The predicted octanol–water partition coefficient (Wildman–Crippen LogP) is 10.4. The van der Waals surface area contributed by atoms with E-state index < -0.39 is 40.8 Å². The lowest BCUT2D eigenvalue weighted by Gasteiger charge is -2.38. The van der Waals surface area contributed by atoms with E-state index in [1.165, 1.54) is 57.1 Å². The van der Waals surface area contributed by atoms with Gasteiger partial charge in [-0.1, -0.05) is 51.2 Å². The SMILES string of the molecule is CCCC[C@H]1CC[C@H](C2CCC(c3ccc(C(F)(F)Oc4cc(F)c(C(F)(F)F)c(F)c4)cc3)CC2)CC1. The Morgan fingerprint density at radius 1 is 0.763 bits per heavy atom. The minimum atomic E-state index is -5.29. The molecule has 0 unspecified atom stereocenters. The van der Waals surface area contributed by atoms with E-state index in [4.69, 9.17) is 0 Å². The molecular weight excluding hydrogens is 509 g/mol. The fraction of sp³-hybridized carbons (Fsp3) is 0.600. The summed E-state index contributed by atoms with van der Waals surface area (Å²) >= 11 is 0. The van der Waals surface area contributed by atoms with Crippen molar-refractivity contribution in [1.29, 1.82) is 0 Å². The second-order valence-corrected chi connectivity index (χ2v) is 11.0. The van der Waals surface area contributed by atoms with Gasteiger partial charge in [-0.2, -0.15) is 22.0 Å². The standard InChI is InChI=1S/C30H35F7O/c1-2-3-4-19-5-7-20(8-6-19)21-9-11-22(12-10-21)23-13-15-24(16-14-23)30(36,37)38-25-17-26(31)28(27(32)18-25)29(33,34)35/h13-22H,2-12H2,1H3/t19-,20-,21?,22?. The lowest BCUT2D eigenvalue weighted by molar-refractivity contribution is -0.185. The minimum Gasteiger partial charge on any atom is -0.429 e. The maximum atomic E-state index is 14.7. The van der Waals surface area contributed by atoms with Crippen molar-refractivity contribution in [1.82, 2.24) is 0 Å². The molecule has 2 aliphatic rings. The topological polar surface area (TPSA) is 9.23 Å². The number of hydrogen-bond acceptors (Lipinski definition) is 1. The smallest absolute Gasteiger partial charge is 0.426 e. The molecule has 0 radical (unpaired) electrons. The van der Waals surface area contributed by atoms with Crippen LogP contribution in [-0.2, 0) is 12.3 Å². The van der Waals surface area contributed by atoms with Gasteiger partial charge in [0.05, 0.1) is 5.56 Å². The highest BCUT2D eigenvalue weighted by molar-refractivity contribution is 5.34. The van der Waals surface area contributed by atoms with E-state index in [1.54, 1.807) is 12.1 Å². The van der Waals surface area contributed by atoms with E-state index in [0.29, 0.717) is 0 Å². The summed E-state index contributed by atoms with van der Waals surface area (Å²) in [5, 5.41) is 0. The first-order valence-electron chi connectivity index (χ1n) is 13.7. The Kier molecular flexibility index (Phi) is 8.98. The summed E-state index contributed by atoms with van der Waals surface area (Å²) in [6, 6.07) is 5.87. The Hall–Kier alpha value is -2.25. The minimum absolute atomic E-state index is 0.115. The van der Waals surface area contributed by atoms with Gasteiger partial charge in [0.15, 0.2) is 0 Å². The molecule has 0 aromatic heterocycles. The largest absolute Gasteiger partial charge is 0.429 e. The van der Waals surface area contributed by atoms with Crippen LogP contribution in [0.5, 0.6) is 5.75 Å². The zero-order valence-corrected chi connectivity index (χ0v) is 21.6. The molecule has 1 nitrogen and oxygen atoms in total. The molecule has 8 heteroatoms. The van der Waals surface area contributed by atoms with Crippen LogP contribution in [0.2, 0.25) is 0 Å². The summed E-state index contributed by atoms with van der Waals surface area (Å²) in [5.74, 6) is -2.35. The van der Waals surface area contributed by atoms with Gasteiger partial charge >= 0.3 is 12.3 Å². The average molecular weight is 545 g/mol. The molecule has 38 heavy (non-hydrogen) atoms. The third-order valence-corrected chi connectivity index (χ3v) is 8.56. The summed E-state index contributed by atoms with van der Waals surface area (Å²) in [6.45, 7) is 2.24. The zero-order chi connectivity index (χ0) is 27.5. The fourth-order valence-corrected chi connectivity index (χ4v) is 6.40. The molecule has 4 rings (SSSR count). The van der Waals surface area contributed by atoms with Crippen molar-refractivity contribution in [3.05, 3.63) is 64.7 Å². The summed E-state index contributed by atoms with van der Waals surface area (Å²) in [5.41, 5.74) is -1.74. The van der Waals surface area contributed by atoms with Gasteiger partial charge in [0, 0.05) is 12.1 Å². The molecule has 0 spiro atoms. The van der Waals surface area contributed by atoms with Crippen LogP contribution >= 0.6 is 0 Å². The van der Waals surface area contributed by atoms with Crippen molar-refractivity contribution >= 4 is 0 Å². The maximum Gasteiger partial charge on any atom is 0.426 e. The van der Waals surface area contributed by atoms with Crippen molar-refractivity contribution in [2.24, 2.45) is 17.8 Å².